The molecule has 16 rings (SSSR count). The van der Waals surface area contributed by atoms with E-state index in [2.05, 4.69) is 299 Å². The SMILES string of the molecule is c1ccc(-c2cc(-c3ccccc3)nc(-c3cc(-c4nc(-c5ccccc5)cc(-c5ccccc5)n4)c(-n4c5ccccc5c5ccccc54)c(-n4c5ccccc5c5ccccc54)c3-n3c4ccccc4c4ccccc43)n2)cc1. The van der Waals surface area contributed by atoms with E-state index in [1.54, 1.807) is 0 Å². The maximum Gasteiger partial charge on any atom is 0.162 e. The van der Waals surface area contributed by atoms with Crippen LogP contribution in [0.15, 0.2) is 285 Å². The predicted octanol–water partition coefficient (Wildman–Crippen LogP) is 18.6. The summed E-state index contributed by atoms with van der Waals surface area (Å²) in [6.45, 7) is 0. The highest BCUT2D eigenvalue weighted by Gasteiger charge is 2.33. The zero-order chi connectivity index (χ0) is 53.4. The van der Waals surface area contributed by atoms with Gasteiger partial charge in [-0.25, -0.2) is 19.9 Å². The molecule has 16 aromatic rings. The molecule has 0 atom stereocenters. The van der Waals surface area contributed by atoms with E-state index in [1.807, 2.05) is 0 Å². The Balaban J connectivity index is 1.21. The van der Waals surface area contributed by atoms with Gasteiger partial charge in [0, 0.05) is 65.7 Å². The third-order valence-electron chi connectivity index (χ3n) is 15.9. The summed E-state index contributed by atoms with van der Waals surface area (Å²) in [4.78, 5) is 23.0. The lowest BCUT2D eigenvalue weighted by molar-refractivity contribution is 1.04. The highest BCUT2D eigenvalue weighted by Crippen LogP contribution is 2.50. The van der Waals surface area contributed by atoms with Crippen LogP contribution < -0.4 is 0 Å². The summed E-state index contributed by atoms with van der Waals surface area (Å²) >= 11 is 0. The Morgan fingerprint density at radius 2 is 0.407 bits per heavy atom. The van der Waals surface area contributed by atoms with E-state index in [-0.39, 0.29) is 0 Å². The highest BCUT2D eigenvalue weighted by molar-refractivity contribution is 6.15. The third-order valence-corrected chi connectivity index (χ3v) is 15.9. The van der Waals surface area contributed by atoms with E-state index >= 15 is 0 Å². The smallest absolute Gasteiger partial charge is 0.162 e. The maximum atomic E-state index is 5.75. The van der Waals surface area contributed by atoms with Gasteiger partial charge >= 0.3 is 0 Å². The van der Waals surface area contributed by atoms with Crippen molar-refractivity contribution in [2.24, 2.45) is 0 Å². The maximum absolute atomic E-state index is 5.75. The van der Waals surface area contributed by atoms with Gasteiger partial charge < -0.3 is 13.7 Å². The third kappa shape index (κ3) is 7.51. The summed E-state index contributed by atoms with van der Waals surface area (Å²) in [5.41, 5.74) is 17.6. The van der Waals surface area contributed by atoms with E-state index in [4.69, 9.17) is 19.9 Å². The fraction of sp³-hybridized carbons (Fsp3) is 0. The Morgan fingerprint density at radius 1 is 0.198 bits per heavy atom. The molecule has 0 bridgehead atoms. The van der Waals surface area contributed by atoms with E-state index in [0.717, 1.165) is 139 Å². The number of hydrogen-bond donors (Lipinski definition) is 0. The van der Waals surface area contributed by atoms with E-state index in [1.165, 1.54) is 0 Å². The molecule has 11 aromatic carbocycles. The second-order valence-electron chi connectivity index (χ2n) is 20.5. The second kappa shape index (κ2) is 18.9. The predicted molar refractivity (Wildman–Crippen MR) is 333 cm³/mol. The summed E-state index contributed by atoms with van der Waals surface area (Å²) in [7, 11) is 0. The second-order valence-corrected chi connectivity index (χ2v) is 20.5. The molecule has 0 aliphatic heterocycles. The molecule has 378 valence electrons. The van der Waals surface area contributed by atoms with Gasteiger partial charge in [0.05, 0.1) is 72.9 Å². The summed E-state index contributed by atoms with van der Waals surface area (Å²) < 4.78 is 7.43. The number of hydrogen-bond acceptors (Lipinski definition) is 4. The molecule has 0 amide bonds. The molecule has 0 radical (unpaired) electrons. The number of rotatable bonds is 9. The van der Waals surface area contributed by atoms with Crippen molar-refractivity contribution in [3.63, 3.8) is 0 Å². The summed E-state index contributed by atoms with van der Waals surface area (Å²) in [5.74, 6) is 1.10. The van der Waals surface area contributed by atoms with Gasteiger partial charge in [-0.15, -0.1) is 0 Å². The molecule has 7 nitrogen and oxygen atoms in total. The summed E-state index contributed by atoms with van der Waals surface area (Å²) in [6.07, 6.45) is 0. The van der Waals surface area contributed by atoms with Gasteiger partial charge in [0.15, 0.2) is 11.6 Å². The Labute approximate surface area is 466 Å². The Hall–Kier alpha value is -11.0. The lowest BCUT2D eigenvalue weighted by Gasteiger charge is -2.27. The van der Waals surface area contributed by atoms with Gasteiger partial charge in [-0.2, -0.15) is 0 Å². The van der Waals surface area contributed by atoms with Gasteiger partial charge in [-0.1, -0.05) is 231 Å². The first-order valence-corrected chi connectivity index (χ1v) is 27.4. The average molecular weight is 1030 g/mol. The van der Waals surface area contributed by atoms with Crippen LogP contribution in [0.3, 0.4) is 0 Å². The lowest BCUT2D eigenvalue weighted by Crippen LogP contribution is -2.14. The van der Waals surface area contributed by atoms with Crippen LogP contribution in [-0.4, -0.2) is 33.6 Å². The zero-order valence-corrected chi connectivity index (χ0v) is 43.8. The molecule has 0 aliphatic rings. The first kappa shape index (κ1) is 46.1. The number of fused-ring (bicyclic) bond motifs is 9. The molecule has 0 aliphatic carbocycles. The van der Waals surface area contributed by atoms with Crippen LogP contribution in [0.4, 0.5) is 0 Å². The average Bonchev–Trinajstić information content (AvgIpc) is 4.39. The number of para-hydroxylation sites is 6. The van der Waals surface area contributed by atoms with Crippen LogP contribution in [0.2, 0.25) is 0 Å². The molecule has 5 heterocycles. The Morgan fingerprint density at radius 3 is 0.654 bits per heavy atom. The van der Waals surface area contributed by atoms with Crippen molar-refractivity contribution in [2.45, 2.75) is 0 Å². The van der Waals surface area contributed by atoms with Crippen molar-refractivity contribution in [3.8, 4) is 84.9 Å². The van der Waals surface area contributed by atoms with Gasteiger partial charge in [-0.05, 0) is 54.6 Å². The van der Waals surface area contributed by atoms with Crippen LogP contribution in [-0.2, 0) is 0 Å². The van der Waals surface area contributed by atoms with Crippen molar-refractivity contribution in [1.29, 1.82) is 0 Å². The van der Waals surface area contributed by atoms with E-state index < -0.39 is 0 Å². The van der Waals surface area contributed by atoms with Gasteiger partial charge in [-0.3, -0.25) is 0 Å². The number of nitrogens with zero attached hydrogens (tertiary/aromatic N) is 7. The summed E-state index contributed by atoms with van der Waals surface area (Å²) in [6, 6.07) is 101. The fourth-order valence-electron chi connectivity index (χ4n) is 12.3. The number of benzene rings is 11. The summed E-state index contributed by atoms with van der Waals surface area (Å²) in [5, 5.41) is 6.78. The van der Waals surface area contributed by atoms with Crippen molar-refractivity contribution < 1.29 is 0 Å². The highest BCUT2D eigenvalue weighted by atomic mass is 15.1. The minimum Gasteiger partial charge on any atom is -0.306 e. The molecule has 0 fully saturated rings. The van der Waals surface area contributed by atoms with Crippen LogP contribution in [0.5, 0.6) is 0 Å². The molecule has 0 unspecified atom stereocenters. The first-order chi connectivity index (χ1) is 40.2. The quantitative estimate of drug-likeness (QED) is 0.144. The normalized spacial score (nSPS) is 11.7. The number of aromatic nitrogens is 7. The van der Waals surface area contributed by atoms with Crippen molar-refractivity contribution in [3.05, 3.63) is 285 Å². The molecule has 0 saturated carbocycles. The van der Waals surface area contributed by atoms with Gasteiger partial charge in [0.25, 0.3) is 0 Å². The Bertz CT molecular complexity index is 4560. The standard InChI is InChI=1S/C74H47N7/c1-5-25-48(26-6-1)60-46-61(49-27-7-2-8-28-49)76-73(75-60)58-45-59(74-77-62(50-29-9-3-10-30-50)47-63(78-74)51-31-11-4-12-32-51)71(80-66-41-21-15-35-54(66)55-36-16-22-42-67(55)80)72(81-68-43-23-17-37-56(68)57-38-18-24-44-69(57)81)70(58)79-64-39-19-13-33-52(64)53-34-14-20-40-65(53)79/h1-47H. The minimum absolute atomic E-state index is 0.548. The molecular weight excluding hydrogens is 987 g/mol. The van der Waals surface area contributed by atoms with Gasteiger partial charge in [0.2, 0.25) is 0 Å². The first-order valence-electron chi connectivity index (χ1n) is 27.4. The minimum atomic E-state index is 0.548. The molecular formula is C74H47N7. The Kier molecular flexibility index (Phi) is 10.7. The molecule has 0 spiro atoms. The van der Waals surface area contributed by atoms with Crippen molar-refractivity contribution in [2.75, 3.05) is 0 Å². The van der Waals surface area contributed by atoms with Crippen LogP contribution in [0, 0.1) is 0 Å². The van der Waals surface area contributed by atoms with Crippen LogP contribution >= 0.6 is 0 Å². The molecule has 0 saturated heterocycles. The molecule has 81 heavy (non-hydrogen) atoms. The zero-order valence-electron chi connectivity index (χ0n) is 43.8. The largest absolute Gasteiger partial charge is 0.306 e. The molecule has 7 heteroatoms. The molecule has 0 N–H and O–H groups in total. The van der Waals surface area contributed by atoms with Gasteiger partial charge in [0.1, 0.15) is 0 Å². The van der Waals surface area contributed by atoms with Crippen LogP contribution in [0.1, 0.15) is 0 Å². The van der Waals surface area contributed by atoms with Crippen molar-refractivity contribution >= 4 is 65.4 Å². The van der Waals surface area contributed by atoms with E-state index in [9.17, 15) is 0 Å². The lowest BCUT2D eigenvalue weighted by atomic mass is 9.98. The topological polar surface area (TPSA) is 66.3 Å². The van der Waals surface area contributed by atoms with Crippen molar-refractivity contribution in [1.82, 2.24) is 33.6 Å². The molecule has 5 aromatic heterocycles. The monoisotopic (exact) mass is 1030 g/mol. The van der Waals surface area contributed by atoms with E-state index in [0.29, 0.717) is 11.6 Å². The fourth-order valence-corrected chi connectivity index (χ4v) is 12.3. The van der Waals surface area contributed by atoms with Crippen LogP contribution in [0.25, 0.3) is 150 Å².